The van der Waals surface area contributed by atoms with E-state index in [4.69, 9.17) is 14.2 Å². The third kappa shape index (κ3) is 4.51. The first kappa shape index (κ1) is 23.7. The molecule has 0 amide bonds. The minimum Gasteiger partial charge on any atom is -0.508 e. The molecule has 3 aromatic rings. The zero-order valence-corrected chi connectivity index (χ0v) is 21.2. The molecule has 1 atom stereocenters. The van der Waals surface area contributed by atoms with Crippen LogP contribution < -0.4 is 14.2 Å². The van der Waals surface area contributed by atoms with Gasteiger partial charge < -0.3 is 29.3 Å². The van der Waals surface area contributed by atoms with Crippen LogP contribution >= 0.6 is 0 Å². The molecule has 3 heterocycles. The van der Waals surface area contributed by atoms with Crippen LogP contribution in [0.1, 0.15) is 49.3 Å². The minimum absolute atomic E-state index is 0.153. The van der Waals surface area contributed by atoms with Crippen molar-refractivity contribution in [2.24, 2.45) is 0 Å². The van der Waals surface area contributed by atoms with Gasteiger partial charge in [0.2, 0.25) is 0 Å². The number of rotatable bonds is 6. The predicted molar refractivity (Wildman–Crippen MR) is 143 cm³/mol. The number of hydrogen-bond acceptors (Lipinski definition) is 6. The zero-order valence-electron chi connectivity index (χ0n) is 21.2. The van der Waals surface area contributed by atoms with Crippen LogP contribution in [0.2, 0.25) is 0 Å². The zero-order chi connectivity index (χ0) is 25.4. The number of ether oxygens (including phenoxy) is 3. The van der Waals surface area contributed by atoms with Gasteiger partial charge in [-0.2, -0.15) is 0 Å². The first-order chi connectivity index (χ1) is 18.0. The van der Waals surface area contributed by atoms with E-state index < -0.39 is 5.60 Å². The SMILES string of the molecule is CC1(c2ccc(OCCCN3CCCCC3)cc2)Oc2cc(O)ccc2C2=C1c1ccc(O)cc1OC2. The first-order valence-corrected chi connectivity index (χ1v) is 13.2. The van der Waals surface area contributed by atoms with Gasteiger partial charge in [0.15, 0.2) is 5.60 Å². The summed E-state index contributed by atoms with van der Waals surface area (Å²) in [5.41, 5.74) is 3.94. The summed E-state index contributed by atoms with van der Waals surface area (Å²) >= 11 is 0. The van der Waals surface area contributed by atoms with Gasteiger partial charge in [-0.15, -0.1) is 0 Å². The third-order valence-corrected chi connectivity index (χ3v) is 7.73. The van der Waals surface area contributed by atoms with Crippen LogP contribution in [0.15, 0.2) is 60.7 Å². The average Bonchev–Trinajstić information content (AvgIpc) is 2.91. The van der Waals surface area contributed by atoms with Gasteiger partial charge in [-0.1, -0.05) is 18.6 Å². The molecule has 0 aliphatic carbocycles. The van der Waals surface area contributed by atoms with Crippen molar-refractivity contribution in [2.45, 2.75) is 38.2 Å². The Hall–Kier alpha value is -3.64. The molecule has 3 aliphatic heterocycles. The van der Waals surface area contributed by atoms with Gasteiger partial charge in [0.1, 0.15) is 35.4 Å². The molecule has 1 saturated heterocycles. The van der Waals surface area contributed by atoms with Crippen molar-refractivity contribution in [1.29, 1.82) is 0 Å². The molecule has 0 radical (unpaired) electrons. The maximum absolute atomic E-state index is 10.2. The molecule has 1 unspecified atom stereocenters. The molecule has 3 aromatic carbocycles. The molecular weight excluding hydrogens is 466 g/mol. The number of nitrogens with zero attached hydrogens (tertiary/aromatic N) is 1. The van der Waals surface area contributed by atoms with Gasteiger partial charge in [-0.25, -0.2) is 0 Å². The Labute approximate surface area is 217 Å². The number of benzene rings is 3. The Kier molecular flexibility index (Phi) is 6.21. The second kappa shape index (κ2) is 9.67. The average molecular weight is 500 g/mol. The van der Waals surface area contributed by atoms with E-state index >= 15 is 0 Å². The van der Waals surface area contributed by atoms with E-state index in [2.05, 4.69) is 4.90 Å². The molecule has 6 nitrogen and oxygen atoms in total. The number of phenolic OH excluding ortho intramolecular Hbond substituents is 2. The lowest BCUT2D eigenvalue weighted by Crippen LogP contribution is -2.37. The number of phenols is 2. The molecule has 0 bridgehead atoms. The van der Waals surface area contributed by atoms with E-state index in [1.165, 1.54) is 32.4 Å². The highest BCUT2D eigenvalue weighted by atomic mass is 16.5. The number of fused-ring (bicyclic) bond motifs is 4. The van der Waals surface area contributed by atoms with Crippen molar-refractivity contribution in [3.8, 4) is 28.7 Å². The molecular formula is C31H33NO5. The Morgan fingerprint density at radius 3 is 2.32 bits per heavy atom. The second-order valence-corrected chi connectivity index (χ2v) is 10.3. The number of aromatic hydroxyl groups is 2. The molecule has 0 saturated carbocycles. The summed E-state index contributed by atoms with van der Waals surface area (Å²) in [5, 5.41) is 20.2. The number of piperidine rings is 1. The fourth-order valence-electron chi connectivity index (χ4n) is 5.83. The van der Waals surface area contributed by atoms with Crippen molar-refractivity contribution >= 4 is 11.1 Å². The summed E-state index contributed by atoms with van der Waals surface area (Å²) in [5.74, 6) is 2.40. The van der Waals surface area contributed by atoms with Crippen LogP contribution in [0.3, 0.4) is 0 Å². The lowest BCUT2D eigenvalue weighted by Gasteiger charge is -2.42. The second-order valence-electron chi connectivity index (χ2n) is 10.3. The quantitative estimate of drug-likeness (QED) is 0.408. The summed E-state index contributed by atoms with van der Waals surface area (Å²) in [6, 6.07) is 18.5. The topological polar surface area (TPSA) is 71.4 Å². The summed E-state index contributed by atoms with van der Waals surface area (Å²) in [7, 11) is 0. The van der Waals surface area contributed by atoms with Crippen molar-refractivity contribution in [1.82, 2.24) is 4.90 Å². The molecule has 6 heteroatoms. The van der Waals surface area contributed by atoms with Crippen molar-refractivity contribution in [3.05, 3.63) is 77.4 Å². The largest absolute Gasteiger partial charge is 0.508 e. The molecule has 1 fully saturated rings. The summed E-state index contributed by atoms with van der Waals surface area (Å²) in [4.78, 5) is 2.53. The normalized spacial score (nSPS) is 20.8. The monoisotopic (exact) mass is 499 g/mol. The Bertz CT molecular complexity index is 1330. The lowest BCUT2D eigenvalue weighted by molar-refractivity contribution is 0.145. The fraction of sp³-hybridized carbons (Fsp3) is 0.355. The van der Waals surface area contributed by atoms with Gasteiger partial charge in [-0.3, -0.25) is 0 Å². The summed E-state index contributed by atoms with van der Waals surface area (Å²) < 4.78 is 18.8. The molecule has 192 valence electrons. The van der Waals surface area contributed by atoms with Gasteiger partial charge >= 0.3 is 0 Å². The van der Waals surface area contributed by atoms with E-state index in [0.717, 1.165) is 46.6 Å². The van der Waals surface area contributed by atoms with E-state index in [-0.39, 0.29) is 11.5 Å². The lowest BCUT2D eigenvalue weighted by atomic mass is 9.76. The van der Waals surface area contributed by atoms with E-state index in [1.807, 2.05) is 43.3 Å². The van der Waals surface area contributed by atoms with Gasteiger partial charge in [0.25, 0.3) is 0 Å². The number of hydrogen-bond donors (Lipinski definition) is 2. The standard InChI is InChI=1S/C31H33NO5/c1-31(21-6-10-24(11-7-21)35-17-5-16-32-14-3-2-4-15-32)30-26-13-9-22(33)18-28(26)36-20-27(30)25-12-8-23(34)19-29(25)37-31/h6-13,18-19,33-34H,2-5,14-17,20H2,1H3. The Morgan fingerprint density at radius 1 is 0.865 bits per heavy atom. The van der Waals surface area contributed by atoms with Crippen LogP contribution in [0.5, 0.6) is 28.7 Å². The smallest absolute Gasteiger partial charge is 0.157 e. The van der Waals surface area contributed by atoms with Gasteiger partial charge in [0.05, 0.1) is 6.61 Å². The number of likely N-dealkylation sites (tertiary alicyclic amines) is 1. The van der Waals surface area contributed by atoms with Crippen molar-refractivity contribution < 1.29 is 24.4 Å². The summed E-state index contributed by atoms with van der Waals surface area (Å²) in [6.45, 7) is 6.59. The highest BCUT2D eigenvalue weighted by Crippen LogP contribution is 2.54. The van der Waals surface area contributed by atoms with Crippen molar-refractivity contribution in [2.75, 3.05) is 32.8 Å². The molecule has 3 aliphatic rings. The van der Waals surface area contributed by atoms with E-state index in [1.54, 1.807) is 24.3 Å². The van der Waals surface area contributed by atoms with Crippen LogP contribution in [0.4, 0.5) is 0 Å². The third-order valence-electron chi connectivity index (χ3n) is 7.73. The molecule has 6 rings (SSSR count). The highest BCUT2D eigenvalue weighted by molar-refractivity contribution is 6.01. The van der Waals surface area contributed by atoms with Gasteiger partial charge in [-0.05, 0) is 81.2 Å². The van der Waals surface area contributed by atoms with Crippen molar-refractivity contribution in [3.63, 3.8) is 0 Å². The van der Waals surface area contributed by atoms with Gasteiger partial charge in [0, 0.05) is 41.0 Å². The molecule has 0 aromatic heterocycles. The van der Waals surface area contributed by atoms with E-state index in [0.29, 0.717) is 24.7 Å². The molecule has 37 heavy (non-hydrogen) atoms. The predicted octanol–water partition coefficient (Wildman–Crippen LogP) is 5.96. The van der Waals surface area contributed by atoms with Crippen LogP contribution in [0, 0.1) is 0 Å². The maximum atomic E-state index is 10.2. The Balaban J connectivity index is 1.28. The minimum atomic E-state index is -0.835. The fourth-order valence-corrected chi connectivity index (χ4v) is 5.83. The van der Waals surface area contributed by atoms with Crippen LogP contribution in [-0.4, -0.2) is 48.0 Å². The van der Waals surface area contributed by atoms with Crippen LogP contribution in [-0.2, 0) is 5.60 Å². The maximum Gasteiger partial charge on any atom is 0.157 e. The summed E-state index contributed by atoms with van der Waals surface area (Å²) in [6.07, 6.45) is 4.99. The molecule has 0 spiro atoms. The Morgan fingerprint density at radius 2 is 1.57 bits per heavy atom. The van der Waals surface area contributed by atoms with Crippen LogP contribution in [0.25, 0.3) is 11.1 Å². The van der Waals surface area contributed by atoms with E-state index in [9.17, 15) is 10.2 Å². The highest BCUT2D eigenvalue weighted by Gasteiger charge is 2.44. The first-order valence-electron chi connectivity index (χ1n) is 13.2. The molecule has 2 N–H and O–H groups in total.